The molecule has 0 saturated carbocycles. The molecule has 0 atom stereocenters. The molecule has 0 spiro atoms. The van der Waals surface area contributed by atoms with Crippen LogP contribution in [0.1, 0.15) is 10.4 Å². The van der Waals surface area contributed by atoms with Gasteiger partial charge in [-0.15, -0.1) is 0 Å². The highest BCUT2D eigenvalue weighted by Gasteiger charge is 2.30. The summed E-state index contributed by atoms with van der Waals surface area (Å²) in [7, 11) is 1.66. The van der Waals surface area contributed by atoms with Crippen molar-refractivity contribution >= 4 is 39.4 Å². The summed E-state index contributed by atoms with van der Waals surface area (Å²) in [4.78, 5) is 17.2. The summed E-state index contributed by atoms with van der Waals surface area (Å²) in [5.74, 6) is 0.0431. The van der Waals surface area contributed by atoms with Crippen LogP contribution in [-0.2, 0) is 4.74 Å². The van der Waals surface area contributed by atoms with Gasteiger partial charge in [-0.05, 0) is 65.0 Å². The number of benzene rings is 5. The highest BCUT2D eigenvalue weighted by Crippen LogP contribution is 2.42. The Morgan fingerprint density at radius 1 is 0.667 bits per heavy atom. The lowest BCUT2D eigenvalue weighted by Gasteiger charge is -2.25. The molecule has 1 heterocycles. The minimum atomic E-state index is 0.0431. The summed E-state index contributed by atoms with van der Waals surface area (Å²) in [5, 5.41) is 2.12. The van der Waals surface area contributed by atoms with E-state index in [1.165, 1.54) is 0 Å². The van der Waals surface area contributed by atoms with Crippen LogP contribution in [0.5, 0.6) is 0 Å². The van der Waals surface area contributed by atoms with E-state index in [0.717, 1.165) is 50.2 Å². The Kier molecular flexibility index (Phi) is 5.72. The maximum absolute atomic E-state index is 13.1. The standard InChI is InChI=1S/C32H26N2O2/c1-36-22-21-33-30-20-19-27(28-13-8-14-29(31(28)30)32(33)35)23-15-17-26(18-16-23)34(24-9-4-2-5-10-24)25-11-6-3-7-12-25/h2-20H,21-22H2,1H3. The second kappa shape index (κ2) is 9.33. The van der Waals surface area contributed by atoms with E-state index in [1.807, 2.05) is 29.2 Å². The first-order valence-corrected chi connectivity index (χ1v) is 12.1. The highest BCUT2D eigenvalue weighted by molar-refractivity contribution is 6.26. The summed E-state index contributed by atoms with van der Waals surface area (Å²) in [6.07, 6.45) is 0. The van der Waals surface area contributed by atoms with Crippen molar-refractivity contribution in [2.75, 3.05) is 30.1 Å². The summed E-state index contributed by atoms with van der Waals surface area (Å²) in [5.41, 5.74) is 7.26. The number of hydrogen-bond donors (Lipinski definition) is 0. The Labute approximate surface area is 211 Å². The molecule has 0 N–H and O–H groups in total. The van der Waals surface area contributed by atoms with Crippen molar-refractivity contribution < 1.29 is 9.53 Å². The third kappa shape index (κ3) is 3.72. The molecule has 0 fully saturated rings. The largest absolute Gasteiger partial charge is 0.383 e. The highest BCUT2D eigenvalue weighted by atomic mass is 16.5. The van der Waals surface area contributed by atoms with Crippen LogP contribution in [0.3, 0.4) is 0 Å². The van der Waals surface area contributed by atoms with Crippen LogP contribution in [0, 0.1) is 0 Å². The molecular formula is C32H26N2O2. The van der Waals surface area contributed by atoms with Crippen molar-refractivity contribution in [2.45, 2.75) is 0 Å². The van der Waals surface area contributed by atoms with Gasteiger partial charge in [-0.2, -0.15) is 0 Å². The Morgan fingerprint density at radius 2 is 1.31 bits per heavy atom. The molecule has 1 amide bonds. The Balaban J connectivity index is 1.42. The minimum Gasteiger partial charge on any atom is -0.383 e. The van der Waals surface area contributed by atoms with Gasteiger partial charge in [-0.1, -0.05) is 66.7 Å². The van der Waals surface area contributed by atoms with Gasteiger partial charge in [-0.25, -0.2) is 0 Å². The van der Waals surface area contributed by atoms with Gasteiger partial charge >= 0.3 is 0 Å². The third-order valence-corrected chi connectivity index (χ3v) is 6.77. The topological polar surface area (TPSA) is 32.8 Å². The summed E-state index contributed by atoms with van der Waals surface area (Å²) < 4.78 is 5.24. The fourth-order valence-corrected chi connectivity index (χ4v) is 5.09. The SMILES string of the molecule is COCCN1C(=O)c2cccc3c(-c4ccc(N(c5ccccc5)c5ccccc5)cc4)ccc1c23. The summed E-state index contributed by atoms with van der Waals surface area (Å²) in [6.45, 7) is 1.05. The van der Waals surface area contributed by atoms with E-state index in [-0.39, 0.29) is 5.91 Å². The molecule has 0 aliphatic carbocycles. The van der Waals surface area contributed by atoms with Crippen LogP contribution in [0.25, 0.3) is 21.9 Å². The molecule has 0 radical (unpaired) electrons. The van der Waals surface area contributed by atoms with E-state index in [9.17, 15) is 4.79 Å². The minimum absolute atomic E-state index is 0.0431. The molecule has 4 heteroatoms. The van der Waals surface area contributed by atoms with Crippen LogP contribution >= 0.6 is 0 Å². The van der Waals surface area contributed by atoms with E-state index in [0.29, 0.717) is 13.2 Å². The summed E-state index contributed by atoms with van der Waals surface area (Å²) >= 11 is 0. The predicted octanol–water partition coefficient (Wildman–Crippen LogP) is 7.58. The van der Waals surface area contributed by atoms with Crippen molar-refractivity contribution in [3.63, 3.8) is 0 Å². The van der Waals surface area contributed by atoms with Gasteiger partial charge < -0.3 is 14.5 Å². The molecule has 5 aromatic rings. The van der Waals surface area contributed by atoms with E-state index in [2.05, 4.69) is 95.9 Å². The molecule has 0 aromatic heterocycles. The fraction of sp³-hybridized carbons (Fsp3) is 0.0938. The van der Waals surface area contributed by atoms with Crippen LogP contribution in [0.15, 0.2) is 115 Å². The van der Waals surface area contributed by atoms with E-state index in [1.54, 1.807) is 7.11 Å². The molecule has 1 aliphatic rings. The van der Waals surface area contributed by atoms with Crippen LogP contribution < -0.4 is 9.80 Å². The van der Waals surface area contributed by atoms with Crippen molar-refractivity contribution in [3.05, 3.63) is 121 Å². The smallest absolute Gasteiger partial charge is 0.259 e. The number of nitrogens with zero attached hydrogens (tertiary/aromatic N) is 2. The second-order valence-corrected chi connectivity index (χ2v) is 8.86. The molecule has 4 nitrogen and oxygen atoms in total. The van der Waals surface area contributed by atoms with E-state index in [4.69, 9.17) is 4.74 Å². The normalized spacial score (nSPS) is 12.4. The number of rotatable bonds is 7. The van der Waals surface area contributed by atoms with Gasteiger partial charge in [0.2, 0.25) is 0 Å². The second-order valence-electron chi connectivity index (χ2n) is 8.86. The molecule has 0 saturated heterocycles. The average molecular weight is 471 g/mol. The first kappa shape index (κ1) is 22.1. The fourth-order valence-electron chi connectivity index (χ4n) is 5.09. The molecule has 0 unspecified atom stereocenters. The number of amides is 1. The van der Waals surface area contributed by atoms with Crippen LogP contribution in [-0.4, -0.2) is 26.2 Å². The lowest BCUT2D eigenvalue weighted by molar-refractivity contribution is 0.0982. The third-order valence-electron chi connectivity index (χ3n) is 6.77. The molecule has 1 aliphatic heterocycles. The number of ether oxygens (including phenoxy) is 1. The van der Waals surface area contributed by atoms with Crippen molar-refractivity contribution in [3.8, 4) is 11.1 Å². The Bertz CT molecular complexity index is 1490. The van der Waals surface area contributed by atoms with Crippen LogP contribution in [0.2, 0.25) is 0 Å². The number of carbonyl (C=O) groups is 1. The van der Waals surface area contributed by atoms with Gasteiger partial charge in [0, 0.05) is 41.7 Å². The lowest BCUT2D eigenvalue weighted by Crippen LogP contribution is -2.30. The molecule has 36 heavy (non-hydrogen) atoms. The monoisotopic (exact) mass is 470 g/mol. The van der Waals surface area contributed by atoms with Gasteiger partial charge in [0.05, 0.1) is 12.3 Å². The zero-order chi connectivity index (χ0) is 24.5. The number of anilines is 4. The average Bonchev–Trinajstić information content (AvgIpc) is 3.21. The molecule has 0 bridgehead atoms. The number of hydrogen-bond acceptors (Lipinski definition) is 3. The summed E-state index contributed by atoms with van der Waals surface area (Å²) in [6, 6.07) is 39.6. The zero-order valence-electron chi connectivity index (χ0n) is 20.1. The van der Waals surface area contributed by atoms with E-state index >= 15 is 0 Å². The number of methoxy groups -OCH3 is 1. The van der Waals surface area contributed by atoms with Crippen molar-refractivity contribution in [2.24, 2.45) is 0 Å². The van der Waals surface area contributed by atoms with Crippen molar-refractivity contribution in [1.82, 2.24) is 0 Å². The van der Waals surface area contributed by atoms with Crippen LogP contribution in [0.4, 0.5) is 22.7 Å². The Morgan fingerprint density at radius 3 is 1.94 bits per heavy atom. The van der Waals surface area contributed by atoms with Gasteiger partial charge in [0.15, 0.2) is 0 Å². The first-order chi connectivity index (χ1) is 17.8. The van der Waals surface area contributed by atoms with Crippen molar-refractivity contribution in [1.29, 1.82) is 0 Å². The van der Waals surface area contributed by atoms with Gasteiger partial charge in [0.25, 0.3) is 5.91 Å². The van der Waals surface area contributed by atoms with Gasteiger partial charge in [-0.3, -0.25) is 4.79 Å². The molecule has 176 valence electrons. The molecule has 6 rings (SSSR count). The maximum atomic E-state index is 13.1. The Hall–Kier alpha value is -4.41. The molecule has 5 aromatic carbocycles. The first-order valence-electron chi connectivity index (χ1n) is 12.1. The number of para-hydroxylation sites is 2. The number of carbonyl (C=O) groups excluding carboxylic acids is 1. The molecular weight excluding hydrogens is 444 g/mol. The maximum Gasteiger partial charge on any atom is 0.259 e. The van der Waals surface area contributed by atoms with Gasteiger partial charge in [0.1, 0.15) is 0 Å². The predicted molar refractivity (Wildman–Crippen MR) is 148 cm³/mol. The van der Waals surface area contributed by atoms with E-state index < -0.39 is 0 Å². The zero-order valence-corrected chi connectivity index (χ0v) is 20.1. The lowest BCUT2D eigenvalue weighted by atomic mass is 9.95. The quantitative estimate of drug-likeness (QED) is 0.246.